The Morgan fingerprint density at radius 1 is 1.22 bits per heavy atom. The van der Waals surface area contributed by atoms with Gasteiger partial charge in [0.25, 0.3) is 0 Å². The maximum Gasteiger partial charge on any atom is 0.522 e. The summed E-state index contributed by atoms with van der Waals surface area (Å²) in [6.07, 6.45) is 0. The number of hydrogen-bond donors (Lipinski definition) is 1. The van der Waals surface area contributed by atoms with E-state index in [1.54, 1.807) is 0 Å². The van der Waals surface area contributed by atoms with E-state index >= 15 is 0 Å². The average Bonchev–Trinajstić information content (AvgIpc) is 1.25. The third-order valence-corrected chi connectivity index (χ3v) is 0.877. The Balaban J connectivity index is 0. The van der Waals surface area contributed by atoms with E-state index in [0.29, 0.717) is 0 Å². The van der Waals surface area contributed by atoms with Gasteiger partial charge in [-0.05, 0) is 0 Å². The molecule has 0 saturated heterocycles. The Kier molecular flexibility index (Phi) is 3.81. The summed E-state index contributed by atoms with van der Waals surface area (Å²) in [6.45, 7) is 0. The van der Waals surface area contributed by atoms with Crippen LogP contribution >= 0.6 is 0 Å². The summed E-state index contributed by atoms with van der Waals surface area (Å²) in [7, 11) is -5.84. The van der Waals surface area contributed by atoms with Crippen molar-refractivity contribution in [2.24, 2.45) is 0 Å². The number of rotatable bonds is 0. The van der Waals surface area contributed by atoms with Crippen LogP contribution in [0.3, 0.4) is 0 Å². The van der Waals surface area contributed by atoms with Crippen molar-refractivity contribution < 1.29 is 26.1 Å². The van der Waals surface area contributed by atoms with Crippen molar-refractivity contribution in [3.8, 4) is 0 Å². The van der Waals surface area contributed by atoms with Crippen LogP contribution < -0.4 is 0 Å². The van der Waals surface area contributed by atoms with Crippen LogP contribution in [-0.2, 0) is 10.1 Å². The van der Waals surface area contributed by atoms with Crippen molar-refractivity contribution in [1.82, 2.24) is 0 Å². The van der Waals surface area contributed by atoms with E-state index < -0.39 is 15.6 Å². The summed E-state index contributed by atoms with van der Waals surface area (Å²) in [4.78, 5) is 0. The van der Waals surface area contributed by atoms with Gasteiger partial charge in [0.1, 0.15) is 0 Å². The largest absolute Gasteiger partial charge is 0.522 e. The third-order valence-electron chi connectivity index (χ3n) is 0.292. The molecule has 0 aromatic heterocycles. The summed E-state index contributed by atoms with van der Waals surface area (Å²) in [5, 5.41) is 0. The average molecular weight is 229 g/mol. The first-order valence-electron chi connectivity index (χ1n) is 1.29. The maximum absolute atomic E-state index is 10.7. The van der Waals surface area contributed by atoms with Gasteiger partial charge in [-0.3, -0.25) is 4.55 Å². The quantitative estimate of drug-likeness (QED) is 0.361. The van der Waals surface area contributed by atoms with Crippen LogP contribution in [0.25, 0.3) is 0 Å². The maximum atomic E-state index is 10.7. The van der Waals surface area contributed by atoms with Gasteiger partial charge in [-0.15, -0.1) is 0 Å². The molecule has 3 nitrogen and oxygen atoms in total. The molecule has 0 aliphatic rings. The Labute approximate surface area is 59.5 Å². The monoisotopic (exact) mass is 230 g/mol. The van der Waals surface area contributed by atoms with Gasteiger partial charge >= 0.3 is 15.6 Å². The molecule has 0 atom stereocenters. The zero-order valence-corrected chi connectivity index (χ0v) is 6.24. The Hall–Kier alpha value is 0.219. The van der Waals surface area contributed by atoms with Crippen LogP contribution in [0.2, 0.25) is 0 Å². The van der Waals surface area contributed by atoms with Crippen LogP contribution in [0.15, 0.2) is 0 Å². The minimum Gasteiger partial charge on any atom is -0.279 e. The molecule has 8 heteroatoms. The molecule has 0 saturated carbocycles. The summed E-state index contributed by atoms with van der Waals surface area (Å²) in [5.74, 6) is 0. The third kappa shape index (κ3) is 3.74. The van der Waals surface area contributed by atoms with Crippen LogP contribution in [0.5, 0.6) is 0 Å². The molecule has 0 unspecified atom stereocenters. The molecule has 0 aromatic rings. The molecular weight excluding hydrogens is 228 g/mol. The first-order valence-corrected chi connectivity index (χ1v) is 2.73. The summed E-state index contributed by atoms with van der Waals surface area (Å²) < 4.78 is 57.5. The molecule has 0 aliphatic heterocycles. The first-order chi connectivity index (χ1) is 3.25. The molecule has 0 amide bonds. The summed E-state index contributed by atoms with van der Waals surface area (Å²) in [5.41, 5.74) is -5.53. The van der Waals surface area contributed by atoms with Crippen LogP contribution in [0.1, 0.15) is 0 Å². The number of hydrogen-bond acceptors (Lipinski definition) is 2. The van der Waals surface area contributed by atoms with E-state index in [-0.39, 0.29) is 17.1 Å². The van der Waals surface area contributed by atoms with Crippen molar-refractivity contribution in [1.29, 1.82) is 0 Å². The van der Waals surface area contributed by atoms with Gasteiger partial charge in [0, 0.05) is 17.1 Å². The van der Waals surface area contributed by atoms with E-state index in [0.717, 1.165) is 0 Å². The molecule has 0 aliphatic carbocycles. The van der Waals surface area contributed by atoms with E-state index in [9.17, 15) is 13.2 Å². The van der Waals surface area contributed by atoms with Crippen molar-refractivity contribution in [3.63, 3.8) is 0 Å². The zero-order chi connectivity index (χ0) is 7.00. The minimum atomic E-state index is -5.84. The normalized spacial score (nSPS) is 12.4. The molecule has 1 N–H and O–H groups in total. The predicted octanol–water partition coefficient (Wildman–Crippen LogP) is 0.0132. The van der Waals surface area contributed by atoms with Gasteiger partial charge in [0.05, 0.1) is 0 Å². The van der Waals surface area contributed by atoms with Crippen LogP contribution in [0.4, 0.5) is 13.2 Å². The van der Waals surface area contributed by atoms with Crippen molar-refractivity contribution in [3.05, 3.63) is 0 Å². The second-order valence-corrected chi connectivity index (χ2v) is 2.33. The topological polar surface area (TPSA) is 54.4 Å². The fourth-order valence-electron chi connectivity index (χ4n) is 0. The van der Waals surface area contributed by atoms with Gasteiger partial charge in [-0.1, -0.05) is 0 Å². The van der Waals surface area contributed by atoms with Crippen molar-refractivity contribution in [2.75, 3.05) is 0 Å². The van der Waals surface area contributed by atoms with Crippen LogP contribution in [0, 0.1) is 0 Å². The van der Waals surface area contributed by atoms with E-state index in [1.807, 2.05) is 0 Å². The van der Waals surface area contributed by atoms with Gasteiger partial charge < -0.3 is 0 Å². The molecule has 0 fully saturated rings. The SMILES string of the molecule is O=S(=O)(O)C(F)(F)F.[Se]. The molecule has 0 rings (SSSR count). The van der Waals surface area contributed by atoms with E-state index in [1.165, 1.54) is 0 Å². The van der Waals surface area contributed by atoms with Gasteiger partial charge in [-0.2, -0.15) is 21.6 Å². The zero-order valence-electron chi connectivity index (χ0n) is 3.71. The first kappa shape index (κ1) is 12.0. The molecule has 56 valence electrons. The fraction of sp³-hybridized carbons (Fsp3) is 1.00. The molecule has 0 aromatic carbocycles. The Morgan fingerprint density at radius 3 is 1.33 bits per heavy atom. The summed E-state index contributed by atoms with van der Waals surface area (Å²) in [6, 6.07) is 0. The van der Waals surface area contributed by atoms with Crippen molar-refractivity contribution >= 4 is 27.2 Å². The summed E-state index contributed by atoms with van der Waals surface area (Å²) >= 11 is 0. The molecular formula is CHF3O3SSe. The number of halogens is 3. The predicted molar refractivity (Wildman–Crippen MR) is 23.4 cm³/mol. The molecule has 0 spiro atoms. The second kappa shape index (κ2) is 2.87. The van der Waals surface area contributed by atoms with E-state index in [4.69, 9.17) is 13.0 Å². The molecule has 9 heavy (non-hydrogen) atoms. The molecule has 0 bridgehead atoms. The minimum absolute atomic E-state index is 0. The standard InChI is InChI=1S/CHF3O3S.Se/c2-1(3,4)8(5,6)7;/h(H,5,6,7);. The Bertz CT molecular complexity index is 168. The van der Waals surface area contributed by atoms with E-state index in [2.05, 4.69) is 0 Å². The fourth-order valence-corrected chi connectivity index (χ4v) is 0. The second-order valence-electron chi connectivity index (χ2n) is 0.921. The molecule has 2 radical (unpaired) electrons. The smallest absolute Gasteiger partial charge is 0.279 e. The van der Waals surface area contributed by atoms with Gasteiger partial charge in [0.15, 0.2) is 0 Å². The molecule has 0 heterocycles. The Morgan fingerprint density at radius 2 is 1.33 bits per heavy atom. The van der Waals surface area contributed by atoms with Gasteiger partial charge in [0.2, 0.25) is 0 Å². The van der Waals surface area contributed by atoms with Gasteiger partial charge in [-0.25, -0.2) is 0 Å². The van der Waals surface area contributed by atoms with Crippen LogP contribution in [-0.4, -0.2) is 35.5 Å². The number of alkyl halides is 3. The van der Waals surface area contributed by atoms with Crippen molar-refractivity contribution in [2.45, 2.75) is 5.51 Å².